The fourth-order valence-corrected chi connectivity index (χ4v) is 1.78. The molecule has 0 aromatic heterocycles. The molecule has 0 spiro atoms. The maximum Gasteiger partial charge on any atom is 0.326 e. The zero-order chi connectivity index (χ0) is 15.7. The first-order chi connectivity index (χ1) is 10.0. The standard InChI is InChI=1S/C15H19NO5/c1-2-21-14(18)9-8-12(15(19)20)16-13(17)10-11-6-4-3-5-7-11/h3-7,12H,2,8-10H2,1H3,(H,16,17)(H,19,20)/t12-/m0/s1. The zero-order valence-corrected chi connectivity index (χ0v) is 11.9. The molecule has 1 aromatic rings. The summed E-state index contributed by atoms with van der Waals surface area (Å²) in [6.45, 7) is 1.92. The quantitative estimate of drug-likeness (QED) is 0.701. The van der Waals surface area contributed by atoms with Crippen LogP contribution < -0.4 is 5.32 Å². The Morgan fingerprint density at radius 2 is 1.90 bits per heavy atom. The number of aliphatic carboxylic acids is 1. The molecule has 1 rings (SSSR count). The van der Waals surface area contributed by atoms with Gasteiger partial charge in [-0.1, -0.05) is 30.3 Å². The van der Waals surface area contributed by atoms with E-state index in [1.807, 2.05) is 6.07 Å². The summed E-state index contributed by atoms with van der Waals surface area (Å²) in [6.07, 6.45) is 0.0646. The molecular formula is C15H19NO5. The van der Waals surface area contributed by atoms with Crippen molar-refractivity contribution in [3.8, 4) is 0 Å². The lowest BCUT2D eigenvalue weighted by Gasteiger charge is -2.14. The highest BCUT2D eigenvalue weighted by atomic mass is 16.5. The number of carboxylic acids is 1. The fourth-order valence-electron chi connectivity index (χ4n) is 1.78. The van der Waals surface area contributed by atoms with Crippen molar-refractivity contribution >= 4 is 17.8 Å². The van der Waals surface area contributed by atoms with Gasteiger partial charge in [0.2, 0.25) is 5.91 Å². The smallest absolute Gasteiger partial charge is 0.326 e. The number of hydrogen-bond donors (Lipinski definition) is 2. The number of carboxylic acid groups (broad SMARTS) is 1. The molecular weight excluding hydrogens is 274 g/mol. The minimum absolute atomic E-state index is 0.00863. The minimum atomic E-state index is -1.17. The molecule has 6 nitrogen and oxygen atoms in total. The lowest BCUT2D eigenvalue weighted by atomic mass is 10.1. The Hall–Kier alpha value is -2.37. The van der Waals surface area contributed by atoms with Crippen molar-refractivity contribution in [3.63, 3.8) is 0 Å². The molecule has 21 heavy (non-hydrogen) atoms. The van der Waals surface area contributed by atoms with Gasteiger partial charge in [0.05, 0.1) is 13.0 Å². The number of rotatable bonds is 8. The molecule has 6 heteroatoms. The maximum absolute atomic E-state index is 11.8. The van der Waals surface area contributed by atoms with Crippen LogP contribution in [0.5, 0.6) is 0 Å². The molecule has 0 unspecified atom stereocenters. The van der Waals surface area contributed by atoms with Crippen LogP contribution in [0.1, 0.15) is 25.3 Å². The van der Waals surface area contributed by atoms with Crippen LogP contribution in [0.15, 0.2) is 30.3 Å². The largest absolute Gasteiger partial charge is 0.480 e. The first-order valence-corrected chi connectivity index (χ1v) is 6.74. The average molecular weight is 293 g/mol. The Morgan fingerprint density at radius 3 is 2.48 bits per heavy atom. The summed E-state index contributed by atoms with van der Waals surface area (Å²) in [5.41, 5.74) is 0.796. The first kappa shape index (κ1) is 16.7. The molecule has 0 aliphatic rings. The van der Waals surface area contributed by atoms with E-state index < -0.39 is 23.9 Å². The fraction of sp³-hybridized carbons (Fsp3) is 0.400. The van der Waals surface area contributed by atoms with Gasteiger partial charge in [0.15, 0.2) is 0 Å². The Labute approximate surface area is 123 Å². The molecule has 0 aliphatic carbocycles. The first-order valence-electron chi connectivity index (χ1n) is 6.74. The highest BCUT2D eigenvalue weighted by molar-refractivity contribution is 5.85. The third-order valence-electron chi connectivity index (χ3n) is 2.78. The zero-order valence-electron chi connectivity index (χ0n) is 11.9. The third kappa shape index (κ3) is 6.56. The number of ether oxygens (including phenoxy) is 1. The second kappa shape index (κ2) is 8.73. The number of carbonyl (C=O) groups is 3. The van der Waals surface area contributed by atoms with Crippen molar-refractivity contribution in [3.05, 3.63) is 35.9 Å². The van der Waals surface area contributed by atoms with Gasteiger partial charge in [-0.2, -0.15) is 0 Å². The molecule has 0 saturated heterocycles. The van der Waals surface area contributed by atoms with Crippen LogP contribution in [0.3, 0.4) is 0 Å². The summed E-state index contributed by atoms with van der Waals surface area (Å²) >= 11 is 0. The lowest BCUT2D eigenvalue weighted by molar-refractivity contribution is -0.145. The highest BCUT2D eigenvalue weighted by Gasteiger charge is 2.21. The summed E-state index contributed by atoms with van der Waals surface area (Å²) in [6, 6.07) is 7.92. The van der Waals surface area contributed by atoms with Crippen LogP contribution in [-0.4, -0.2) is 35.6 Å². The maximum atomic E-state index is 11.8. The van der Waals surface area contributed by atoms with Gasteiger partial charge in [0, 0.05) is 6.42 Å². The van der Waals surface area contributed by atoms with E-state index in [9.17, 15) is 14.4 Å². The molecule has 1 atom stereocenters. The van der Waals surface area contributed by atoms with Gasteiger partial charge in [-0.05, 0) is 18.9 Å². The molecule has 1 amide bonds. The van der Waals surface area contributed by atoms with Gasteiger partial charge in [0.1, 0.15) is 6.04 Å². The molecule has 0 heterocycles. The van der Waals surface area contributed by atoms with Crippen molar-refractivity contribution in [1.82, 2.24) is 5.32 Å². The van der Waals surface area contributed by atoms with Crippen molar-refractivity contribution in [2.24, 2.45) is 0 Å². The Morgan fingerprint density at radius 1 is 1.24 bits per heavy atom. The van der Waals surface area contributed by atoms with E-state index in [0.717, 1.165) is 5.56 Å². The predicted octanol–water partition coefficient (Wildman–Crippen LogP) is 1.14. The summed E-state index contributed by atoms with van der Waals surface area (Å²) in [5.74, 6) is -2.03. The molecule has 0 saturated carbocycles. The molecule has 2 N–H and O–H groups in total. The summed E-state index contributed by atoms with van der Waals surface area (Å²) < 4.78 is 4.73. The topological polar surface area (TPSA) is 92.7 Å². The third-order valence-corrected chi connectivity index (χ3v) is 2.78. The number of nitrogens with one attached hydrogen (secondary N) is 1. The van der Waals surface area contributed by atoms with E-state index in [1.165, 1.54) is 0 Å². The van der Waals surface area contributed by atoms with Crippen molar-refractivity contribution < 1.29 is 24.2 Å². The predicted molar refractivity (Wildman–Crippen MR) is 75.6 cm³/mol. The lowest BCUT2D eigenvalue weighted by Crippen LogP contribution is -2.41. The minimum Gasteiger partial charge on any atom is -0.480 e. The van der Waals surface area contributed by atoms with Gasteiger partial charge in [-0.25, -0.2) is 4.79 Å². The summed E-state index contributed by atoms with van der Waals surface area (Å²) in [5, 5.41) is 11.5. The van der Waals surface area contributed by atoms with Crippen molar-refractivity contribution in [1.29, 1.82) is 0 Å². The van der Waals surface area contributed by atoms with Crippen LogP contribution in [-0.2, 0) is 25.5 Å². The molecule has 0 aliphatic heterocycles. The average Bonchev–Trinajstić information content (AvgIpc) is 2.44. The van der Waals surface area contributed by atoms with Gasteiger partial charge in [0.25, 0.3) is 0 Å². The summed E-state index contributed by atoms with van der Waals surface area (Å²) in [7, 11) is 0. The molecule has 1 aromatic carbocycles. The van der Waals surface area contributed by atoms with E-state index in [2.05, 4.69) is 5.32 Å². The monoisotopic (exact) mass is 293 g/mol. The molecule has 0 fully saturated rings. The van der Waals surface area contributed by atoms with E-state index in [-0.39, 0.29) is 25.9 Å². The second-order valence-electron chi connectivity index (χ2n) is 4.46. The molecule has 0 bridgehead atoms. The van der Waals surface area contributed by atoms with E-state index in [1.54, 1.807) is 31.2 Å². The van der Waals surface area contributed by atoms with E-state index in [0.29, 0.717) is 0 Å². The van der Waals surface area contributed by atoms with Crippen molar-refractivity contribution in [2.45, 2.75) is 32.2 Å². The van der Waals surface area contributed by atoms with Crippen LogP contribution in [0, 0.1) is 0 Å². The van der Waals surface area contributed by atoms with Crippen LogP contribution in [0.25, 0.3) is 0 Å². The van der Waals surface area contributed by atoms with Crippen LogP contribution >= 0.6 is 0 Å². The SMILES string of the molecule is CCOC(=O)CC[C@H](NC(=O)Cc1ccccc1)C(=O)O. The Balaban J connectivity index is 2.48. The number of benzene rings is 1. The van der Waals surface area contributed by atoms with Gasteiger partial charge >= 0.3 is 11.9 Å². The van der Waals surface area contributed by atoms with Gasteiger partial charge < -0.3 is 15.2 Å². The molecule has 114 valence electrons. The van der Waals surface area contributed by atoms with Gasteiger partial charge in [-0.15, -0.1) is 0 Å². The Kier molecular flexibility index (Phi) is 6.94. The number of carbonyl (C=O) groups excluding carboxylic acids is 2. The van der Waals surface area contributed by atoms with E-state index >= 15 is 0 Å². The number of amides is 1. The van der Waals surface area contributed by atoms with Crippen LogP contribution in [0.2, 0.25) is 0 Å². The normalized spacial score (nSPS) is 11.5. The number of hydrogen-bond acceptors (Lipinski definition) is 4. The van der Waals surface area contributed by atoms with Crippen LogP contribution in [0.4, 0.5) is 0 Å². The highest BCUT2D eigenvalue weighted by Crippen LogP contribution is 2.03. The Bertz CT molecular complexity index is 486. The van der Waals surface area contributed by atoms with Crippen molar-refractivity contribution in [2.75, 3.05) is 6.61 Å². The van der Waals surface area contributed by atoms with E-state index in [4.69, 9.17) is 9.84 Å². The summed E-state index contributed by atoms with van der Waals surface area (Å²) in [4.78, 5) is 34.1. The molecule has 0 radical (unpaired) electrons. The second-order valence-corrected chi connectivity index (χ2v) is 4.46. The van der Waals surface area contributed by atoms with Gasteiger partial charge in [-0.3, -0.25) is 9.59 Å². The number of esters is 1.